The molecule has 6 heteroatoms. The molecule has 5 rings (SSSR count). The molecule has 0 fully saturated rings. The topological polar surface area (TPSA) is 40.0 Å². The van der Waals surface area contributed by atoms with E-state index in [0.717, 1.165) is 28.9 Å². The van der Waals surface area contributed by atoms with Gasteiger partial charge in [-0.15, -0.1) is 0 Å². The molecule has 4 aromatic carbocycles. The lowest BCUT2D eigenvalue weighted by Gasteiger charge is -2.24. The van der Waals surface area contributed by atoms with E-state index in [2.05, 4.69) is 76.2 Å². The second kappa shape index (κ2) is 10.1. The Morgan fingerprint density at radius 1 is 0.794 bits per heavy atom. The molecule has 1 N–H and O–H groups in total. The largest absolute Gasteiger partial charge is 0.275 e. The molecule has 0 radical (unpaired) electrons. The van der Waals surface area contributed by atoms with Crippen molar-refractivity contribution in [3.05, 3.63) is 130 Å². The summed E-state index contributed by atoms with van der Waals surface area (Å²) in [6.45, 7) is 0. The van der Waals surface area contributed by atoms with Gasteiger partial charge in [-0.1, -0.05) is 102 Å². The van der Waals surface area contributed by atoms with E-state index in [-0.39, 0.29) is 6.04 Å². The van der Waals surface area contributed by atoms with E-state index in [9.17, 15) is 0 Å². The smallest absolute Gasteiger partial charge is 0.0934 e. The van der Waals surface area contributed by atoms with Crippen molar-refractivity contribution in [2.24, 2.45) is 10.2 Å². The standard InChI is InChI=1S/C28H22Cl2N4/c29-24-12-7-13-25(30)28(24)32-31-19-20-14-16-23(17-15-20)34-27(22-10-5-2-6-11-22)18-26(33-34)21-8-3-1-4-9-21/h1-17,19,27,32H,18H2. The van der Waals surface area contributed by atoms with Gasteiger partial charge >= 0.3 is 0 Å². The second-order valence-electron chi connectivity index (χ2n) is 7.95. The molecule has 1 atom stereocenters. The first-order valence-electron chi connectivity index (χ1n) is 11.0. The fourth-order valence-corrected chi connectivity index (χ4v) is 4.46. The van der Waals surface area contributed by atoms with Crippen LogP contribution in [0.5, 0.6) is 0 Å². The lowest BCUT2D eigenvalue weighted by molar-refractivity contribution is 0.709. The molecule has 1 aliphatic rings. The van der Waals surface area contributed by atoms with Crippen LogP contribution in [-0.2, 0) is 0 Å². The zero-order chi connectivity index (χ0) is 23.3. The summed E-state index contributed by atoms with van der Waals surface area (Å²) in [7, 11) is 0. The number of para-hydroxylation sites is 1. The third-order valence-corrected chi connectivity index (χ3v) is 6.34. The Morgan fingerprint density at radius 3 is 2.12 bits per heavy atom. The summed E-state index contributed by atoms with van der Waals surface area (Å²) < 4.78 is 0. The van der Waals surface area contributed by atoms with Gasteiger partial charge in [0, 0.05) is 6.42 Å². The first-order valence-corrected chi connectivity index (χ1v) is 11.7. The highest BCUT2D eigenvalue weighted by molar-refractivity contribution is 6.39. The monoisotopic (exact) mass is 484 g/mol. The van der Waals surface area contributed by atoms with Gasteiger partial charge in [-0.25, -0.2) is 0 Å². The molecule has 1 heterocycles. The van der Waals surface area contributed by atoms with E-state index >= 15 is 0 Å². The van der Waals surface area contributed by atoms with E-state index in [0.29, 0.717) is 15.7 Å². The minimum Gasteiger partial charge on any atom is -0.275 e. The van der Waals surface area contributed by atoms with E-state index < -0.39 is 0 Å². The fourth-order valence-electron chi connectivity index (χ4n) is 3.98. The number of hydrogen-bond acceptors (Lipinski definition) is 4. The number of nitrogens with zero attached hydrogens (tertiary/aromatic N) is 3. The molecule has 0 spiro atoms. The van der Waals surface area contributed by atoms with E-state index in [1.807, 2.05) is 24.3 Å². The van der Waals surface area contributed by atoms with Gasteiger partial charge in [0.1, 0.15) is 0 Å². The Hall–Kier alpha value is -3.60. The van der Waals surface area contributed by atoms with Crippen molar-refractivity contribution in [1.29, 1.82) is 0 Å². The maximum absolute atomic E-state index is 6.19. The number of halogens is 2. The predicted molar refractivity (Wildman–Crippen MR) is 143 cm³/mol. The van der Waals surface area contributed by atoms with Gasteiger partial charge < -0.3 is 0 Å². The van der Waals surface area contributed by atoms with Crippen LogP contribution < -0.4 is 10.4 Å². The minimum atomic E-state index is 0.139. The first-order chi connectivity index (χ1) is 16.7. The van der Waals surface area contributed by atoms with Crippen molar-refractivity contribution in [1.82, 2.24) is 0 Å². The Bertz CT molecular complexity index is 1300. The molecule has 4 aromatic rings. The SMILES string of the molecule is Clc1cccc(Cl)c1NN=Cc1ccc(N2N=C(c3ccccc3)CC2c2ccccc2)cc1. The van der Waals surface area contributed by atoms with E-state index in [4.69, 9.17) is 28.3 Å². The summed E-state index contributed by atoms with van der Waals surface area (Å²) in [5.74, 6) is 0. The van der Waals surface area contributed by atoms with Gasteiger partial charge in [-0.3, -0.25) is 10.4 Å². The number of anilines is 2. The van der Waals surface area contributed by atoms with Gasteiger partial charge in [0.2, 0.25) is 0 Å². The predicted octanol–water partition coefficient (Wildman–Crippen LogP) is 7.80. The average Bonchev–Trinajstić information content (AvgIpc) is 3.33. The number of nitrogens with one attached hydrogen (secondary N) is 1. The van der Waals surface area contributed by atoms with Crippen molar-refractivity contribution in [2.45, 2.75) is 12.5 Å². The Balaban J connectivity index is 1.38. The van der Waals surface area contributed by atoms with Crippen molar-refractivity contribution in [2.75, 3.05) is 10.4 Å². The molecule has 1 aliphatic heterocycles. The Morgan fingerprint density at radius 2 is 1.44 bits per heavy atom. The average molecular weight is 485 g/mol. The highest BCUT2D eigenvalue weighted by atomic mass is 35.5. The van der Waals surface area contributed by atoms with Gasteiger partial charge in [-0.2, -0.15) is 10.2 Å². The number of rotatable bonds is 6. The van der Waals surface area contributed by atoms with Crippen LogP contribution in [0.25, 0.3) is 0 Å². The molecule has 0 aromatic heterocycles. The summed E-state index contributed by atoms with van der Waals surface area (Å²) in [5, 5.41) is 12.5. The van der Waals surface area contributed by atoms with Gasteiger partial charge in [0.05, 0.1) is 39.4 Å². The van der Waals surface area contributed by atoms with Crippen molar-refractivity contribution in [3.8, 4) is 0 Å². The van der Waals surface area contributed by atoms with Crippen molar-refractivity contribution >= 4 is 46.5 Å². The maximum atomic E-state index is 6.19. The molecule has 0 saturated heterocycles. The maximum Gasteiger partial charge on any atom is 0.0934 e. The molecule has 168 valence electrons. The van der Waals surface area contributed by atoms with E-state index in [1.165, 1.54) is 5.56 Å². The summed E-state index contributed by atoms with van der Waals surface area (Å²) in [4.78, 5) is 0. The Labute approximate surface area is 209 Å². The van der Waals surface area contributed by atoms with Crippen LogP contribution in [-0.4, -0.2) is 11.9 Å². The summed E-state index contributed by atoms with van der Waals surface area (Å²) in [6.07, 6.45) is 2.58. The van der Waals surface area contributed by atoms with Crippen LogP contribution in [0.3, 0.4) is 0 Å². The molecule has 0 aliphatic carbocycles. The lowest BCUT2D eigenvalue weighted by Crippen LogP contribution is -2.18. The highest BCUT2D eigenvalue weighted by Gasteiger charge is 2.29. The van der Waals surface area contributed by atoms with E-state index in [1.54, 1.807) is 24.4 Å². The molecular formula is C28H22Cl2N4. The normalized spacial score (nSPS) is 15.5. The third-order valence-electron chi connectivity index (χ3n) is 5.71. The molecule has 0 bridgehead atoms. The van der Waals surface area contributed by atoms with Crippen LogP contribution in [0.1, 0.15) is 29.2 Å². The minimum absolute atomic E-state index is 0.139. The summed E-state index contributed by atoms with van der Waals surface area (Å²) in [5.41, 5.74) is 8.96. The fraction of sp³-hybridized carbons (Fsp3) is 0.0714. The van der Waals surface area contributed by atoms with Gasteiger partial charge in [-0.05, 0) is 41.0 Å². The van der Waals surface area contributed by atoms with Crippen LogP contribution in [0.2, 0.25) is 10.0 Å². The molecule has 1 unspecified atom stereocenters. The zero-order valence-corrected chi connectivity index (χ0v) is 19.8. The molecular weight excluding hydrogens is 463 g/mol. The summed E-state index contributed by atoms with van der Waals surface area (Å²) in [6, 6.07) is 34.5. The molecule has 34 heavy (non-hydrogen) atoms. The van der Waals surface area contributed by atoms with Crippen LogP contribution in [0.15, 0.2) is 113 Å². The Kier molecular flexibility index (Phi) is 6.61. The molecule has 0 amide bonds. The van der Waals surface area contributed by atoms with Crippen molar-refractivity contribution in [3.63, 3.8) is 0 Å². The molecule has 0 saturated carbocycles. The third kappa shape index (κ3) is 4.84. The van der Waals surface area contributed by atoms with Gasteiger partial charge in [0.25, 0.3) is 0 Å². The quantitative estimate of drug-likeness (QED) is 0.224. The second-order valence-corrected chi connectivity index (χ2v) is 8.76. The summed E-state index contributed by atoms with van der Waals surface area (Å²) >= 11 is 12.4. The van der Waals surface area contributed by atoms with Crippen molar-refractivity contribution < 1.29 is 0 Å². The van der Waals surface area contributed by atoms with Gasteiger partial charge in [0.15, 0.2) is 0 Å². The first kappa shape index (κ1) is 22.2. The number of hydrazone groups is 2. The van der Waals surface area contributed by atoms with Crippen LogP contribution >= 0.6 is 23.2 Å². The number of hydrogen-bond donors (Lipinski definition) is 1. The number of benzene rings is 4. The lowest BCUT2D eigenvalue weighted by atomic mass is 9.98. The molecule has 4 nitrogen and oxygen atoms in total. The highest BCUT2D eigenvalue weighted by Crippen LogP contribution is 2.36. The zero-order valence-electron chi connectivity index (χ0n) is 18.3. The van der Waals surface area contributed by atoms with Crippen LogP contribution in [0, 0.1) is 0 Å². The van der Waals surface area contributed by atoms with Crippen LogP contribution in [0.4, 0.5) is 11.4 Å².